The fourth-order valence-corrected chi connectivity index (χ4v) is 4.57. The summed E-state index contributed by atoms with van der Waals surface area (Å²) in [5.74, 6) is 1.59. The third kappa shape index (κ3) is 4.59. The van der Waals surface area contributed by atoms with Gasteiger partial charge in [0.25, 0.3) is 0 Å². The summed E-state index contributed by atoms with van der Waals surface area (Å²) in [7, 11) is 0. The molecule has 0 fully saturated rings. The predicted octanol–water partition coefficient (Wildman–Crippen LogP) is 5.59. The largest absolute Gasteiger partial charge is 0.494 e. The van der Waals surface area contributed by atoms with E-state index in [1.165, 1.54) is 16.7 Å². The first-order chi connectivity index (χ1) is 16.8. The number of nitrogens with zero attached hydrogens (tertiary/aromatic N) is 3. The average Bonchev–Trinajstić information content (AvgIpc) is 3.42. The lowest BCUT2D eigenvalue weighted by Gasteiger charge is -2.36. The predicted molar refractivity (Wildman–Crippen MR) is 133 cm³/mol. The molecule has 0 saturated carbocycles. The van der Waals surface area contributed by atoms with Crippen LogP contribution >= 0.6 is 0 Å². The number of H-pyrrole nitrogens is 1. The van der Waals surface area contributed by atoms with Crippen LogP contribution in [0.4, 0.5) is 0 Å². The van der Waals surface area contributed by atoms with E-state index in [4.69, 9.17) is 4.74 Å². The van der Waals surface area contributed by atoms with E-state index in [-0.39, 0.29) is 5.41 Å². The molecule has 5 nitrogen and oxygen atoms in total. The van der Waals surface area contributed by atoms with E-state index in [2.05, 4.69) is 124 Å². The highest BCUT2D eigenvalue weighted by atomic mass is 16.5. The number of hydrogen-bond acceptors (Lipinski definition) is 4. The summed E-state index contributed by atoms with van der Waals surface area (Å²) in [5, 5.41) is 14.0. The highest BCUT2D eigenvalue weighted by molar-refractivity contribution is 5.50. The summed E-state index contributed by atoms with van der Waals surface area (Å²) in [5.41, 5.74) is 4.58. The molecular weight excluding hydrogens is 420 g/mol. The lowest BCUT2D eigenvalue weighted by molar-refractivity contribution is 0.286. The summed E-state index contributed by atoms with van der Waals surface area (Å²) in [6.07, 6.45) is 1.46. The second-order valence-electron chi connectivity index (χ2n) is 8.27. The zero-order valence-corrected chi connectivity index (χ0v) is 18.8. The fourth-order valence-electron chi connectivity index (χ4n) is 4.57. The van der Waals surface area contributed by atoms with Crippen molar-refractivity contribution in [1.29, 1.82) is 0 Å². The van der Waals surface area contributed by atoms with Crippen molar-refractivity contribution in [3.8, 4) is 5.75 Å². The summed E-state index contributed by atoms with van der Waals surface area (Å²) in [4.78, 5) is 0. The van der Waals surface area contributed by atoms with E-state index in [9.17, 15) is 0 Å². The van der Waals surface area contributed by atoms with Crippen LogP contribution in [-0.2, 0) is 11.8 Å². The maximum absolute atomic E-state index is 6.27. The monoisotopic (exact) mass is 446 g/mol. The van der Waals surface area contributed by atoms with E-state index in [0.717, 1.165) is 23.6 Å². The Kier molecular flexibility index (Phi) is 6.43. The Labute approximate surface area is 199 Å². The summed E-state index contributed by atoms with van der Waals surface area (Å²) in [6.45, 7) is 0.573. The van der Waals surface area contributed by atoms with Crippen molar-refractivity contribution in [3.05, 3.63) is 143 Å². The van der Waals surface area contributed by atoms with Gasteiger partial charge in [0.2, 0.25) is 0 Å². The second kappa shape index (κ2) is 10.1. The minimum absolute atomic E-state index is 0.316. The first-order valence-electron chi connectivity index (χ1n) is 11.5. The van der Waals surface area contributed by atoms with E-state index in [0.29, 0.717) is 13.0 Å². The Morgan fingerprint density at radius 1 is 0.647 bits per heavy atom. The van der Waals surface area contributed by atoms with Gasteiger partial charge in [-0.15, -0.1) is 5.10 Å². The van der Waals surface area contributed by atoms with Crippen LogP contribution < -0.4 is 4.74 Å². The molecule has 1 N–H and O–H groups in total. The Bertz CT molecular complexity index is 1180. The molecule has 0 atom stereocenters. The average molecular weight is 447 g/mol. The van der Waals surface area contributed by atoms with Crippen molar-refractivity contribution in [2.24, 2.45) is 0 Å². The normalized spacial score (nSPS) is 11.3. The van der Waals surface area contributed by atoms with Gasteiger partial charge in [0, 0.05) is 11.8 Å². The van der Waals surface area contributed by atoms with E-state index < -0.39 is 0 Å². The number of aromatic nitrogens is 4. The molecule has 0 aliphatic heterocycles. The number of hydrogen-bond donors (Lipinski definition) is 1. The van der Waals surface area contributed by atoms with Crippen LogP contribution in [0.5, 0.6) is 5.75 Å². The molecule has 0 bridgehead atoms. The lowest BCUT2D eigenvalue weighted by Crippen LogP contribution is -2.31. The molecule has 4 aromatic carbocycles. The molecule has 0 saturated heterocycles. The lowest BCUT2D eigenvalue weighted by atomic mass is 9.67. The first kappa shape index (κ1) is 21.6. The van der Waals surface area contributed by atoms with Crippen molar-refractivity contribution in [1.82, 2.24) is 20.6 Å². The topological polar surface area (TPSA) is 63.7 Å². The molecule has 34 heavy (non-hydrogen) atoms. The molecule has 168 valence electrons. The molecule has 1 heterocycles. The highest BCUT2D eigenvalue weighted by Crippen LogP contribution is 2.42. The van der Waals surface area contributed by atoms with E-state index in [1.807, 2.05) is 12.1 Å². The van der Waals surface area contributed by atoms with Gasteiger partial charge in [-0.1, -0.05) is 103 Å². The number of benzene rings is 4. The van der Waals surface area contributed by atoms with Gasteiger partial charge < -0.3 is 4.74 Å². The minimum Gasteiger partial charge on any atom is -0.494 e. The molecule has 1 aromatic heterocycles. The number of tetrazole rings is 1. The quantitative estimate of drug-likeness (QED) is 0.300. The molecule has 5 heteroatoms. The first-order valence-corrected chi connectivity index (χ1v) is 11.5. The van der Waals surface area contributed by atoms with Crippen LogP contribution in [-0.4, -0.2) is 27.2 Å². The minimum atomic E-state index is -0.316. The third-order valence-corrected chi connectivity index (χ3v) is 6.23. The molecule has 0 aliphatic carbocycles. The van der Waals surface area contributed by atoms with Crippen LogP contribution in [0.25, 0.3) is 0 Å². The van der Waals surface area contributed by atoms with Gasteiger partial charge in [0.05, 0.1) is 6.61 Å². The Morgan fingerprint density at radius 2 is 1.18 bits per heavy atom. The van der Waals surface area contributed by atoms with Gasteiger partial charge in [-0.05, 0) is 51.2 Å². The SMILES string of the molecule is c1ccc(C(CCOc2ccc(Cc3nnn[nH]3)cc2)(c2ccccc2)c2ccccc2)cc1. The Balaban J connectivity index is 1.41. The van der Waals surface area contributed by atoms with Crippen molar-refractivity contribution >= 4 is 0 Å². The van der Waals surface area contributed by atoms with Gasteiger partial charge in [-0.3, -0.25) is 0 Å². The molecule has 0 radical (unpaired) electrons. The maximum Gasteiger partial charge on any atom is 0.152 e. The Morgan fingerprint density at radius 3 is 1.65 bits per heavy atom. The van der Waals surface area contributed by atoms with Crippen LogP contribution in [0, 0.1) is 0 Å². The molecule has 5 rings (SSSR count). The number of rotatable bonds is 9. The molecule has 5 aromatic rings. The molecule has 0 unspecified atom stereocenters. The maximum atomic E-state index is 6.27. The van der Waals surface area contributed by atoms with Crippen LogP contribution in [0.2, 0.25) is 0 Å². The van der Waals surface area contributed by atoms with Gasteiger partial charge >= 0.3 is 0 Å². The Hall–Kier alpha value is -4.25. The van der Waals surface area contributed by atoms with Crippen LogP contribution in [0.15, 0.2) is 115 Å². The third-order valence-electron chi connectivity index (χ3n) is 6.23. The number of nitrogens with one attached hydrogen (secondary N) is 1. The molecule has 0 aliphatic rings. The zero-order valence-electron chi connectivity index (χ0n) is 18.8. The van der Waals surface area contributed by atoms with Gasteiger partial charge in [0.15, 0.2) is 5.82 Å². The van der Waals surface area contributed by atoms with Gasteiger partial charge in [0.1, 0.15) is 5.75 Å². The molecule has 0 amide bonds. The summed E-state index contributed by atoms with van der Waals surface area (Å²) < 4.78 is 6.27. The zero-order chi connectivity index (χ0) is 23.1. The summed E-state index contributed by atoms with van der Waals surface area (Å²) >= 11 is 0. The van der Waals surface area contributed by atoms with Gasteiger partial charge in [-0.25, -0.2) is 5.10 Å². The van der Waals surface area contributed by atoms with Crippen molar-refractivity contribution in [2.75, 3.05) is 6.61 Å². The molecular formula is C29H26N4O. The van der Waals surface area contributed by atoms with Crippen molar-refractivity contribution < 1.29 is 4.74 Å². The van der Waals surface area contributed by atoms with Crippen molar-refractivity contribution in [2.45, 2.75) is 18.3 Å². The second-order valence-corrected chi connectivity index (χ2v) is 8.27. The van der Waals surface area contributed by atoms with Crippen LogP contribution in [0.1, 0.15) is 34.5 Å². The van der Waals surface area contributed by atoms with E-state index in [1.54, 1.807) is 0 Å². The van der Waals surface area contributed by atoms with E-state index >= 15 is 0 Å². The fraction of sp³-hybridized carbons (Fsp3) is 0.138. The van der Waals surface area contributed by atoms with Crippen molar-refractivity contribution in [3.63, 3.8) is 0 Å². The van der Waals surface area contributed by atoms with Gasteiger partial charge in [-0.2, -0.15) is 0 Å². The van der Waals surface area contributed by atoms with Crippen LogP contribution in [0.3, 0.4) is 0 Å². The molecule has 0 spiro atoms. The highest BCUT2D eigenvalue weighted by Gasteiger charge is 2.36. The standard InChI is InChI=1S/C29H26N4O/c1-4-10-24(11-5-1)29(25-12-6-2-7-13-25,26-14-8-3-9-15-26)20-21-34-27-18-16-23(17-19-27)22-28-30-32-33-31-28/h1-19H,20-22H2,(H,30,31,32,33). The number of ether oxygens (including phenoxy) is 1. The summed E-state index contributed by atoms with van der Waals surface area (Å²) in [6, 6.07) is 40.3. The number of aromatic amines is 1. The smallest absolute Gasteiger partial charge is 0.152 e.